The summed E-state index contributed by atoms with van der Waals surface area (Å²) in [5, 5.41) is 20.5. The van der Waals surface area contributed by atoms with Crippen LogP contribution < -0.4 is 0 Å². The van der Waals surface area contributed by atoms with E-state index in [0.717, 1.165) is 0 Å². The summed E-state index contributed by atoms with van der Waals surface area (Å²) in [7, 11) is 1.50. The van der Waals surface area contributed by atoms with Crippen LogP contribution in [0.25, 0.3) is 5.76 Å². The van der Waals surface area contributed by atoms with Gasteiger partial charge in [0.2, 0.25) is 0 Å². The van der Waals surface area contributed by atoms with Gasteiger partial charge in [-0.2, -0.15) is 0 Å². The van der Waals surface area contributed by atoms with Gasteiger partial charge in [-0.1, -0.05) is 12.1 Å². The molecule has 0 saturated carbocycles. The quantitative estimate of drug-likeness (QED) is 0.483. The first-order valence-corrected chi connectivity index (χ1v) is 8.01. The van der Waals surface area contributed by atoms with E-state index < -0.39 is 17.7 Å². The van der Waals surface area contributed by atoms with Crippen molar-refractivity contribution in [3.05, 3.63) is 65.5 Å². The van der Waals surface area contributed by atoms with E-state index in [2.05, 4.69) is 4.98 Å². The van der Waals surface area contributed by atoms with Gasteiger partial charge in [-0.15, -0.1) is 0 Å². The number of phenolic OH excluding ortho intramolecular Hbond substituents is 1. The standard InChI is InChI=1S/C19H18N2O5/c1-26-10-9-21-16(13-3-2-4-14(22)11-13)15(18(24)19(21)25)17(23)12-5-7-20-8-6-12/h2-8,11,16,22-23H,9-10H2,1H3. The van der Waals surface area contributed by atoms with Crippen LogP contribution in [0.15, 0.2) is 54.4 Å². The van der Waals surface area contributed by atoms with Crippen LogP contribution in [0.2, 0.25) is 0 Å². The lowest BCUT2D eigenvalue weighted by atomic mass is 9.95. The second-order valence-corrected chi connectivity index (χ2v) is 5.82. The number of benzene rings is 1. The number of ether oxygens (including phenoxy) is 1. The summed E-state index contributed by atoms with van der Waals surface area (Å²) in [5.74, 6) is -1.77. The lowest BCUT2D eigenvalue weighted by molar-refractivity contribution is -0.140. The van der Waals surface area contributed by atoms with Crippen LogP contribution in [0.5, 0.6) is 5.75 Å². The van der Waals surface area contributed by atoms with Crippen molar-refractivity contribution < 1.29 is 24.5 Å². The van der Waals surface area contributed by atoms with Crippen molar-refractivity contribution in [1.29, 1.82) is 0 Å². The highest BCUT2D eigenvalue weighted by molar-refractivity contribution is 6.46. The monoisotopic (exact) mass is 354 g/mol. The van der Waals surface area contributed by atoms with Crippen molar-refractivity contribution in [1.82, 2.24) is 9.88 Å². The zero-order chi connectivity index (χ0) is 18.7. The van der Waals surface area contributed by atoms with E-state index in [0.29, 0.717) is 11.1 Å². The van der Waals surface area contributed by atoms with Gasteiger partial charge in [0, 0.05) is 31.6 Å². The first-order chi connectivity index (χ1) is 12.5. The van der Waals surface area contributed by atoms with Crippen LogP contribution in [0.1, 0.15) is 17.2 Å². The number of aromatic nitrogens is 1. The number of Topliss-reactive ketones (excluding diaryl/α,β-unsaturated/α-hetero) is 1. The Morgan fingerprint density at radius 3 is 2.62 bits per heavy atom. The fraction of sp³-hybridized carbons (Fsp3) is 0.211. The molecule has 3 rings (SSSR count). The molecule has 1 amide bonds. The molecule has 0 radical (unpaired) electrons. The predicted octanol–water partition coefficient (Wildman–Crippen LogP) is 1.86. The topological polar surface area (TPSA) is 100.0 Å². The number of nitrogens with zero attached hydrogens (tertiary/aromatic N) is 2. The number of rotatable bonds is 5. The molecule has 1 aliphatic heterocycles. The number of amides is 1. The van der Waals surface area contributed by atoms with Crippen molar-refractivity contribution >= 4 is 17.4 Å². The highest BCUT2D eigenvalue weighted by Crippen LogP contribution is 2.39. The molecular weight excluding hydrogens is 336 g/mol. The highest BCUT2D eigenvalue weighted by atomic mass is 16.5. The van der Waals surface area contributed by atoms with E-state index >= 15 is 0 Å². The molecule has 0 bridgehead atoms. The van der Waals surface area contributed by atoms with Crippen molar-refractivity contribution in [2.45, 2.75) is 6.04 Å². The SMILES string of the molecule is COCCN1C(=O)C(=O)C(=C(O)c2ccncc2)C1c1cccc(O)c1. The summed E-state index contributed by atoms with van der Waals surface area (Å²) < 4.78 is 5.03. The van der Waals surface area contributed by atoms with Crippen molar-refractivity contribution in [3.8, 4) is 5.75 Å². The molecule has 1 aliphatic rings. The van der Waals surface area contributed by atoms with E-state index in [1.54, 1.807) is 24.3 Å². The van der Waals surface area contributed by atoms with Gasteiger partial charge >= 0.3 is 0 Å². The molecule has 1 saturated heterocycles. The summed E-state index contributed by atoms with van der Waals surface area (Å²) in [6.07, 6.45) is 2.97. The number of aliphatic hydroxyl groups is 1. The number of pyridine rings is 1. The second-order valence-electron chi connectivity index (χ2n) is 5.82. The minimum Gasteiger partial charge on any atom is -0.508 e. The lowest BCUT2D eigenvalue weighted by Gasteiger charge is -2.25. The number of likely N-dealkylation sites (tertiary alicyclic amines) is 1. The Balaban J connectivity index is 2.16. The maximum Gasteiger partial charge on any atom is 0.295 e. The maximum atomic E-state index is 12.6. The lowest BCUT2D eigenvalue weighted by Crippen LogP contribution is -2.32. The Bertz CT molecular complexity index is 863. The zero-order valence-electron chi connectivity index (χ0n) is 14.1. The molecule has 1 fully saturated rings. The van der Waals surface area contributed by atoms with Gasteiger partial charge in [-0.05, 0) is 29.8 Å². The summed E-state index contributed by atoms with van der Waals surface area (Å²) in [5.41, 5.74) is 0.883. The summed E-state index contributed by atoms with van der Waals surface area (Å²) in [6, 6.07) is 8.56. The smallest absolute Gasteiger partial charge is 0.295 e. The van der Waals surface area contributed by atoms with Crippen molar-refractivity contribution in [2.75, 3.05) is 20.3 Å². The molecule has 1 unspecified atom stereocenters. The van der Waals surface area contributed by atoms with Gasteiger partial charge < -0.3 is 19.8 Å². The highest BCUT2D eigenvalue weighted by Gasteiger charge is 2.45. The number of carbonyl (C=O) groups is 2. The van der Waals surface area contributed by atoms with Crippen LogP contribution in [-0.2, 0) is 14.3 Å². The zero-order valence-corrected chi connectivity index (χ0v) is 14.1. The van der Waals surface area contributed by atoms with Crippen LogP contribution >= 0.6 is 0 Å². The summed E-state index contributed by atoms with van der Waals surface area (Å²) >= 11 is 0. The molecule has 2 N–H and O–H groups in total. The maximum absolute atomic E-state index is 12.6. The van der Waals surface area contributed by atoms with Crippen LogP contribution in [0, 0.1) is 0 Å². The van der Waals surface area contributed by atoms with Crippen molar-refractivity contribution in [2.24, 2.45) is 0 Å². The third-order valence-electron chi connectivity index (χ3n) is 4.22. The molecule has 134 valence electrons. The molecule has 2 heterocycles. The van der Waals surface area contributed by atoms with Gasteiger partial charge in [0.25, 0.3) is 11.7 Å². The number of hydrogen-bond donors (Lipinski definition) is 2. The van der Waals surface area contributed by atoms with Crippen LogP contribution in [0.4, 0.5) is 0 Å². The molecule has 2 aromatic rings. The average Bonchev–Trinajstić information content (AvgIpc) is 2.91. The van der Waals surface area contributed by atoms with Gasteiger partial charge in [0.15, 0.2) is 0 Å². The number of hydrogen-bond acceptors (Lipinski definition) is 6. The number of aliphatic hydroxyl groups excluding tert-OH is 1. The molecule has 7 heteroatoms. The Hall–Kier alpha value is -3.19. The first-order valence-electron chi connectivity index (χ1n) is 8.01. The third kappa shape index (κ3) is 3.16. The molecule has 1 aromatic heterocycles. The Kier molecular flexibility index (Phi) is 4.99. The Morgan fingerprint density at radius 1 is 1.23 bits per heavy atom. The van der Waals surface area contributed by atoms with E-state index in [1.165, 1.54) is 36.5 Å². The molecule has 26 heavy (non-hydrogen) atoms. The molecular formula is C19H18N2O5. The number of aromatic hydroxyl groups is 1. The van der Waals surface area contributed by atoms with Gasteiger partial charge in [0.05, 0.1) is 18.2 Å². The van der Waals surface area contributed by atoms with Gasteiger partial charge in [-0.3, -0.25) is 14.6 Å². The van der Waals surface area contributed by atoms with E-state index in [9.17, 15) is 19.8 Å². The Morgan fingerprint density at radius 2 is 1.96 bits per heavy atom. The number of methoxy groups -OCH3 is 1. The first kappa shape index (κ1) is 17.6. The van der Waals surface area contributed by atoms with Crippen molar-refractivity contribution in [3.63, 3.8) is 0 Å². The number of carbonyl (C=O) groups excluding carboxylic acids is 2. The molecule has 0 spiro atoms. The normalized spacial score (nSPS) is 19.1. The Labute approximate surface area is 150 Å². The summed E-state index contributed by atoms with van der Waals surface area (Å²) in [4.78, 5) is 30.4. The van der Waals surface area contributed by atoms with E-state index in [-0.39, 0.29) is 30.2 Å². The largest absolute Gasteiger partial charge is 0.508 e. The van der Waals surface area contributed by atoms with Crippen LogP contribution in [0.3, 0.4) is 0 Å². The second kappa shape index (κ2) is 7.37. The third-order valence-corrected chi connectivity index (χ3v) is 4.22. The molecule has 1 atom stereocenters. The van der Waals surface area contributed by atoms with E-state index in [1.807, 2.05) is 0 Å². The molecule has 7 nitrogen and oxygen atoms in total. The molecule has 1 aromatic carbocycles. The minimum atomic E-state index is -0.814. The van der Waals surface area contributed by atoms with Gasteiger partial charge in [-0.25, -0.2) is 0 Å². The predicted molar refractivity (Wildman–Crippen MR) is 93.2 cm³/mol. The average molecular weight is 354 g/mol. The van der Waals surface area contributed by atoms with E-state index in [4.69, 9.17) is 4.74 Å². The van der Waals surface area contributed by atoms with Gasteiger partial charge in [0.1, 0.15) is 11.5 Å². The fourth-order valence-corrected chi connectivity index (χ4v) is 3.01. The fourth-order valence-electron chi connectivity index (χ4n) is 3.01. The molecule has 0 aliphatic carbocycles. The van der Waals surface area contributed by atoms with Crippen LogP contribution in [-0.4, -0.2) is 52.0 Å². The summed E-state index contributed by atoms with van der Waals surface area (Å²) in [6.45, 7) is 0.409. The number of phenols is 1. The number of ketones is 1. The minimum absolute atomic E-state index is 0.00346.